The molecule has 1 aliphatic heterocycles. The molecule has 1 N–H and O–H groups in total. The Morgan fingerprint density at radius 3 is 2.76 bits per heavy atom. The Morgan fingerprint density at radius 2 is 2.04 bits per heavy atom. The fourth-order valence-corrected chi connectivity index (χ4v) is 3.08. The number of hydrogen-bond acceptors (Lipinski definition) is 4. The first-order valence-corrected chi connectivity index (χ1v) is 8.88. The number of anilines is 2. The number of piperidine rings is 1. The first-order valence-electron chi connectivity index (χ1n) is 8.88. The second kappa shape index (κ2) is 8.51. The third kappa shape index (κ3) is 4.95. The van der Waals surface area contributed by atoms with Crippen molar-refractivity contribution in [2.75, 3.05) is 30.4 Å². The van der Waals surface area contributed by atoms with Crippen molar-refractivity contribution < 1.29 is 9.53 Å². The first kappa shape index (κ1) is 17.3. The summed E-state index contributed by atoms with van der Waals surface area (Å²) in [6.07, 6.45) is 6.61. The van der Waals surface area contributed by atoms with E-state index in [9.17, 15) is 4.79 Å². The summed E-state index contributed by atoms with van der Waals surface area (Å²) in [6, 6.07) is 11.7. The lowest BCUT2D eigenvalue weighted by molar-refractivity contribution is -0.116. The summed E-state index contributed by atoms with van der Waals surface area (Å²) < 4.78 is 5.21. The van der Waals surface area contributed by atoms with Crippen LogP contribution >= 0.6 is 0 Å². The summed E-state index contributed by atoms with van der Waals surface area (Å²) in [7, 11) is 1.65. The van der Waals surface area contributed by atoms with Crippen molar-refractivity contribution in [3.05, 3.63) is 48.2 Å². The molecule has 5 heteroatoms. The molecule has 1 fully saturated rings. The molecular weight excluding hydrogens is 314 g/mol. The molecule has 0 aliphatic carbocycles. The van der Waals surface area contributed by atoms with E-state index in [4.69, 9.17) is 4.74 Å². The monoisotopic (exact) mass is 339 g/mol. The van der Waals surface area contributed by atoms with Crippen LogP contribution in [0, 0.1) is 0 Å². The minimum absolute atomic E-state index is 0.00431. The number of hydrogen-bond donors (Lipinski definition) is 1. The van der Waals surface area contributed by atoms with Crippen LogP contribution < -0.4 is 15.0 Å². The standard InChI is InChI=1S/C20H25N3O2/c1-25-18-7-5-6-16(14-18)8-11-20(24)22-17-9-10-19(21-15-17)23-12-3-2-4-13-23/h5-7,9-10,14-15H,2-4,8,11-13H2,1H3,(H,22,24). The number of nitrogens with zero attached hydrogens (tertiary/aromatic N) is 2. The van der Waals surface area contributed by atoms with Gasteiger partial charge in [-0.1, -0.05) is 12.1 Å². The number of aryl methyl sites for hydroxylation is 1. The zero-order valence-corrected chi connectivity index (χ0v) is 14.7. The molecule has 1 aliphatic rings. The van der Waals surface area contributed by atoms with Crippen LogP contribution in [0.2, 0.25) is 0 Å². The van der Waals surface area contributed by atoms with Gasteiger partial charge < -0.3 is 15.0 Å². The fourth-order valence-electron chi connectivity index (χ4n) is 3.08. The van der Waals surface area contributed by atoms with Crippen molar-refractivity contribution in [3.63, 3.8) is 0 Å². The van der Waals surface area contributed by atoms with E-state index in [0.29, 0.717) is 12.8 Å². The van der Waals surface area contributed by atoms with Crippen LogP contribution in [0.25, 0.3) is 0 Å². The van der Waals surface area contributed by atoms with Gasteiger partial charge in [-0.25, -0.2) is 4.98 Å². The van der Waals surface area contributed by atoms with Gasteiger partial charge in [-0.3, -0.25) is 4.79 Å². The third-order valence-corrected chi connectivity index (χ3v) is 4.49. The molecule has 0 radical (unpaired) electrons. The van der Waals surface area contributed by atoms with Crippen LogP contribution in [-0.2, 0) is 11.2 Å². The Kier molecular flexibility index (Phi) is 5.88. The van der Waals surface area contributed by atoms with Crippen molar-refractivity contribution in [1.29, 1.82) is 0 Å². The largest absolute Gasteiger partial charge is 0.497 e. The van der Waals surface area contributed by atoms with E-state index in [1.165, 1.54) is 19.3 Å². The first-order chi connectivity index (χ1) is 12.2. The van der Waals surface area contributed by atoms with Gasteiger partial charge in [-0.05, 0) is 55.5 Å². The number of methoxy groups -OCH3 is 1. The maximum atomic E-state index is 12.1. The zero-order valence-electron chi connectivity index (χ0n) is 14.7. The average Bonchev–Trinajstić information content (AvgIpc) is 2.68. The normalized spacial score (nSPS) is 14.2. The Morgan fingerprint density at radius 1 is 1.20 bits per heavy atom. The minimum atomic E-state index is -0.00431. The molecule has 132 valence electrons. The summed E-state index contributed by atoms with van der Waals surface area (Å²) in [6.45, 7) is 2.14. The number of aromatic nitrogens is 1. The van der Waals surface area contributed by atoms with E-state index in [2.05, 4.69) is 15.2 Å². The summed E-state index contributed by atoms with van der Waals surface area (Å²) in [5, 5.41) is 2.92. The number of pyridine rings is 1. The van der Waals surface area contributed by atoms with Crippen molar-refractivity contribution >= 4 is 17.4 Å². The average molecular weight is 339 g/mol. The maximum Gasteiger partial charge on any atom is 0.224 e. The van der Waals surface area contributed by atoms with Crippen molar-refractivity contribution in [1.82, 2.24) is 4.98 Å². The van der Waals surface area contributed by atoms with Crippen LogP contribution in [0.1, 0.15) is 31.2 Å². The Labute approximate surface area is 149 Å². The van der Waals surface area contributed by atoms with Crippen LogP contribution in [0.15, 0.2) is 42.6 Å². The van der Waals surface area contributed by atoms with E-state index < -0.39 is 0 Å². The van der Waals surface area contributed by atoms with E-state index in [-0.39, 0.29) is 5.91 Å². The second-order valence-corrected chi connectivity index (χ2v) is 6.35. The van der Waals surface area contributed by atoms with Gasteiger partial charge in [0.15, 0.2) is 0 Å². The third-order valence-electron chi connectivity index (χ3n) is 4.49. The van der Waals surface area contributed by atoms with Crippen LogP contribution in [0.4, 0.5) is 11.5 Å². The van der Waals surface area contributed by atoms with Gasteiger partial charge in [0.1, 0.15) is 11.6 Å². The van der Waals surface area contributed by atoms with E-state index >= 15 is 0 Å². The topological polar surface area (TPSA) is 54.5 Å². The highest BCUT2D eigenvalue weighted by Gasteiger charge is 2.12. The number of nitrogens with one attached hydrogen (secondary N) is 1. The molecule has 0 atom stereocenters. The van der Waals surface area contributed by atoms with Gasteiger partial charge >= 0.3 is 0 Å². The Hall–Kier alpha value is -2.56. The molecule has 0 spiro atoms. The van der Waals surface area contributed by atoms with Gasteiger partial charge in [0, 0.05) is 19.5 Å². The Balaban J connectivity index is 1.50. The molecule has 0 bridgehead atoms. The number of amides is 1. The quantitative estimate of drug-likeness (QED) is 0.873. The highest BCUT2D eigenvalue weighted by Crippen LogP contribution is 2.19. The van der Waals surface area contributed by atoms with E-state index in [1.54, 1.807) is 13.3 Å². The predicted octanol–water partition coefficient (Wildman–Crippen LogP) is 3.65. The summed E-state index contributed by atoms with van der Waals surface area (Å²) in [4.78, 5) is 18.9. The lowest BCUT2D eigenvalue weighted by Gasteiger charge is -2.27. The molecule has 1 saturated heterocycles. The number of ether oxygens (including phenoxy) is 1. The number of rotatable bonds is 6. The molecule has 3 rings (SSSR count). The molecule has 1 amide bonds. The van der Waals surface area contributed by atoms with Gasteiger partial charge in [0.05, 0.1) is 19.0 Å². The van der Waals surface area contributed by atoms with E-state index in [0.717, 1.165) is 35.9 Å². The zero-order chi connectivity index (χ0) is 17.5. The summed E-state index contributed by atoms with van der Waals surface area (Å²) in [5.74, 6) is 1.81. The summed E-state index contributed by atoms with van der Waals surface area (Å²) >= 11 is 0. The van der Waals surface area contributed by atoms with Gasteiger partial charge in [-0.15, -0.1) is 0 Å². The molecule has 1 aromatic carbocycles. The van der Waals surface area contributed by atoms with Crippen molar-refractivity contribution in [2.45, 2.75) is 32.1 Å². The SMILES string of the molecule is COc1cccc(CCC(=O)Nc2ccc(N3CCCCC3)nc2)c1. The fraction of sp³-hybridized carbons (Fsp3) is 0.400. The van der Waals surface area contributed by atoms with Crippen molar-refractivity contribution in [3.8, 4) is 5.75 Å². The summed E-state index contributed by atoms with van der Waals surface area (Å²) in [5.41, 5.74) is 1.84. The Bertz CT molecular complexity index is 694. The van der Waals surface area contributed by atoms with Crippen LogP contribution in [0.3, 0.4) is 0 Å². The lowest BCUT2D eigenvalue weighted by atomic mass is 10.1. The van der Waals surface area contributed by atoms with Crippen molar-refractivity contribution in [2.24, 2.45) is 0 Å². The van der Waals surface area contributed by atoms with Gasteiger partial charge in [0.2, 0.25) is 5.91 Å². The van der Waals surface area contributed by atoms with Gasteiger partial charge in [-0.2, -0.15) is 0 Å². The number of benzene rings is 1. The highest BCUT2D eigenvalue weighted by molar-refractivity contribution is 5.90. The lowest BCUT2D eigenvalue weighted by Crippen LogP contribution is -2.30. The predicted molar refractivity (Wildman–Crippen MR) is 100 cm³/mol. The smallest absolute Gasteiger partial charge is 0.224 e. The second-order valence-electron chi connectivity index (χ2n) is 6.35. The van der Waals surface area contributed by atoms with Crippen LogP contribution in [-0.4, -0.2) is 31.1 Å². The molecule has 2 aromatic rings. The molecular formula is C20H25N3O2. The molecule has 1 aromatic heterocycles. The van der Waals surface area contributed by atoms with Crippen LogP contribution in [0.5, 0.6) is 5.75 Å². The molecule has 2 heterocycles. The molecule has 5 nitrogen and oxygen atoms in total. The van der Waals surface area contributed by atoms with E-state index in [1.807, 2.05) is 36.4 Å². The highest BCUT2D eigenvalue weighted by atomic mass is 16.5. The maximum absolute atomic E-state index is 12.1. The van der Waals surface area contributed by atoms with Gasteiger partial charge in [0.25, 0.3) is 0 Å². The molecule has 0 unspecified atom stereocenters. The number of carbonyl (C=O) groups is 1. The molecule has 0 saturated carbocycles. The number of carbonyl (C=O) groups excluding carboxylic acids is 1. The minimum Gasteiger partial charge on any atom is -0.497 e. The molecule has 25 heavy (non-hydrogen) atoms.